The molecule has 0 aliphatic carbocycles. The van der Waals surface area contributed by atoms with Gasteiger partial charge in [-0.05, 0) is 26.0 Å². The maximum absolute atomic E-state index is 13.3. The van der Waals surface area contributed by atoms with Crippen LogP contribution in [0.3, 0.4) is 0 Å². The van der Waals surface area contributed by atoms with Gasteiger partial charge in [-0.2, -0.15) is 0 Å². The summed E-state index contributed by atoms with van der Waals surface area (Å²) in [6.07, 6.45) is 0.0361. The molecule has 7 heteroatoms. The minimum atomic E-state index is -0.852. The van der Waals surface area contributed by atoms with Crippen molar-refractivity contribution < 1.29 is 18.4 Å². The molecule has 0 radical (unpaired) electrons. The third-order valence-corrected chi connectivity index (χ3v) is 2.57. The van der Waals surface area contributed by atoms with Gasteiger partial charge in [-0.25, -0.2) is 8.78 Å². The minimum Gasteiger partial charge on any atom is -0.370 e. The summed E-state index contributed by atoms with van der Waals surface area (Å²) in [4.78, 5) is 22.4. The molecule has 0 atom stereocenters. The van der Waals surface area contributed by atoms with Crippen LogP contribution in [0.4, 0.5) is 14.5 Å². The van der Waals surface area contributed by atoms with Crippen molar-refractivity contribution in [3.8, 4) is 0 Å². The summed E-state index contributed by atoms with van der Waals surface area (Å²) in [5, 5.41) is 4.93. The lowest BCUT2D eigenvalue weighted by Crippen LogP contribution is -2.46. The van der Waals surface area contributed by atoms with Gasteiger partial charge in [0.25, 0.3) is 0 Å². The molecule has 0 fully saturated rings. The molecule has 0 bridgehead atoms. The molecule has 0 aliphatic heterocycles. The van der Waals surface area contributed by atoms with Crippen LogP contribution in [-0.2, 0) is 9.59 Å². The number of hydrogen-bond donors (Lipinski definition) is 3. The molecular weight excluding hydrogens is 268 g/mol. The summed E-state index contributed by atoms with van der Waals surface area (Å²) in [6.45, 7) is 3.18. The van der Waals surface area contributed by atoms with Gasteiger partial charge >= 0.3 is 0 Å². The molecule has 0 aliphatic rings. The Morgan fingerprint density at radius 3 is 2.30 bits per heavy atom. The van der Waals surface area contributed by atoms with Crippen molar-refractivity contribution in [3.63, 3.8) is 0 Å². The lowest BCUT2D eigenvalue weighted by molar-refractivity contribution is -0.120. The lowest BCUT2D eigenvalue weighted by atomic mass is 10.0. The molecule has 110 valence electrons. The smallest absolute Gasteiger partial charge is 0.238 e. The molecule has 2 amide bonds. The molecule has 1 rings (SSSR count). The Labute approximate surface area is 115 Å². The Kier molecular flexibility index (Phi) is 5.15. The Bertz CT molecular complexity index is 498. The van der Waals surface area contributed by atoms with Crippen molar-refractivity contribution >= 4 is 17.5 Å². The topological polar surface area (TPSA) is 84.2 Å². The van der Waals surface area contributed by atoms with Gasteiger partial charge < -0.3 is 16.4 Å². The summed E-state index contributed by atoms with van der Waals surface area (Å²) in [7, 11) is 0. The Morgan fingerprint density at radius 2 is 1.80 bits per heavy atom. The van der Waals surface area contributed by atoms with E-state index >= 15 is 0 Å². The van der Waals surface area contributed by atoms with Gasteiger partial charge in [-0.1, -0.05) is 6.07 Å². The molecule has 1 aromatic carbocycles. The second kappa shape index (κ2) is 6.42. The van der Waals surface area contributed by atoms with E-state index in [9.17, 15) is 18.4 Å². The first-order valence-electron chi connectivity index (χ1n) is 5.98. The van der Waals surface area contributed by atoms with E-state index in [2.05, 4.69) is 10.6 Å². The first-order chi connectivity index (χ1) is 9.21. The van der Waals surface area contributed by atoms with Crippen LogP contribution >= 0.6 is 0 Å². The lowest BCUT2D eigenvalue weighted by Gasteiger charge is -2.24. The third-order valence-electron chi connectivity index (χ3n) is 2.57. The zero-order valence-corrected chi connectivity index (χ0v) is 11.3. The number of nitrogens with two attached hydrogens (primary N) is 1. The summed E-state index contributed by atoms with van der Waals surface area (Å²) in [6, 6.07) is 3.29. The average molecular weight is 285 g/mol. The number of anilines is 1. The predicted molar refractivity (Wildman–Crippen MR) is 70.9 cm³/mol. The van der Waals surface area contributed by atoms with Crippen LogP contribution in [0.25, 0.3) is 0 Å². The molecule has 0 saturated carbocycles. The summed E-state index contributed by atoms with van der Waals surface area (Å²) in [5.74, 6) is -2.83. The maximum atomic E-state index is 13.3. The number of hydrogen-bond acceptors (Lipinski definition) is 3. The predicted octanol–water partition coefficient (Wildman–Crippen LogP) is 1.15. The highest BCUT2D eigenvalue weighted by molar-refractivity contribution is 5.92. The molecule has 4 N–H and O–H groups in total. The molecule has 0 spiro atoms. The fraction of sp³-hybridized carbons (Fsp3) is 0.385. The van der Waals surface area contributed by atoms with Gasteiger partial charge in [0, 0.05) is 12.0 Å². The van der Waals surface area contributed by atoms with E-state index in [0.29, 0.717) is 0 Å². The van der Waals surface area contributed by atoms with E-state index < -0.39 is 34.7 Å². The molecule has 0 aromatic heterocycles. The first-order valence-corrected chi connectivity index (χ1v) is 5.98. The van der Waals surface area contributed by atoms with Crippen LogP contribution in [0.2, 0.25) is 0 Å². The fourth-order valence-corrected chi connectivity index (χ4v) is 1.62. The molecule has 0 saturated heterocycles. The van der Waals surface area contributed by atoms with Crippen molar-refractivity contribution in [2.75, 3.05) is 11.9 Å². The molecule has 1 aromatic rings. The van der Waals surface area contributed by atoms with Gasteiger partial charge in [0.15, 0.2) is 0 Å². The van der Waals surface area contributed by atoms with Crippen molar-refractivity contribution in [1.82, 2.24) is 5.32 Å². The van der Waals surface area contributed by atoms with Gasteiger partial charge in [-0.15, -0.1) is 0 Å². The highest BCUT2D eigenvalue weighted by Crippen LogP contribution is 2.17. The van der Waals surface area contributed by atoms with Crippen LogP contribution in [0.5, 0.6) is 0 Å². The van der Waals surface area contributed by atoms with Gasteiger partial charge in [0.2, 0.25) is 11.8 Å². The Hall–Kier alpha value is -2.02. The van der Waals surface area contributed by atoms with E-state index in [1.165, 1.54) is 6.07 Å². The number of amides is 2. The number of benzene rings is 1. The van der Waals surface area contributed by atoms with Crippen molar-refractivity contribution in [1.29, 1.82) is 0 Å². The van der Waals surface area contributed by atoms with Crippen LogP contribution in [0.15, 0.2) is 18.2 Å². The van der Waals surface area contributed by atoms with Crippen LogP contribution in [0, 0.1) is 11.6 Å². The highest BCUT2D eigenvalue weighted by atomic mass is 19.1. The van der Waals surface area contributed by atoms with Crippen molar-refractivity contribution in [2.24, 2.45) is 5.73 Å². The number of halogens is 2. The number of rotatable bonds is 6. The fourth-order valence-electron chi connectivity index (χ4n) is 1.62. The monoisotopic (exact) mass is 285 g/mol. The average Bonchev–Trinajstić information content (AvgIpc) is 2.30. The highest BCUT2D eigenvalue weighted by Gasteiger charge is 2.21. The minimum absolute atomic E-state index is 0.0361. The molecule has 20 heavy (non-hydrogen) atoms. The van der Waals surface area contributed by atoms with E-state index in [4.69, 9.17) is 5.73 Å². The van der Waals surface area contributed by atoms with Gasteiger partial charge in [0.05, 0.1) is 6.54 Å². The van der Waals surface area contributed by atoms with Crippen molar-refractivity contribution in [2.45, 2.75) is 25.8 Å². The largest absolute Gasteiger partial charge is 0.370 e. The maximum Gasteiger partial charge on any atom is 0.238 e. The van der Waals surface area contributed by atoms with E-state index in [0.717, 1.165) is 12.1 Å². The first kappa shape index (κ1) is 16.0. The number of primary amides is 1. The SMILES string of the molecule is CC(C)(CC(N)=O)NCC(=O)Nc1c(F)cccc1F. The van der Waals surface area contributed by atoms with Gasteiger partial charge in [-0.3, -0.25) is 9.59 Å². The molecule has 0 unspecified atom stereocenters. The number of para-hydroxylation sites is 1. The second-order valence-corrected chi connectivity index (χ2v) is 5.03. The molecule has 5 nitrogen and oxygen atoms in total. The van der Waals surface area contributed by atoms with E-state index in [-0.39, 0.29) is 13.0 Å². The molecular formula is C13H17F2N3O2. The third kappa shape index (κ3) is 4.93. The van der Waals surface area contributed by atoms with E-state index in [1.807, 2.05) is 0 Å². The normalized spacial score (nSPS) is 11.2. The summed E-state index contributed by atoms with van der Waals surface area (Å²) in [5.41, 5.74) is 3.89. The van der Waals surface area contributed by atoms with Crippen molar-refractivity contribution in [3.05, 3.63) is 29.8 Å². The molecule has 0 heterocycles. The zero-order chi connectivity index (χ0) is 15.3. The number of nitrogens with one attached hydrogen (secondary N) is 2. The van der Waals surface area contributed by atoms with Gasteiger partial charge in [0.1, 0.15) is 17.3 Å². The zero-order valence-electron chi connectivity index (χ0n) is 11.3. The second-order valence-electron chi connectivity index (χ2n) is 5.03. The standard InChI is InChI=1S/C13H17F2N3O2/c1-13(2,6-10(16)19)17-7-11(20)18-12-8(14)4-3-5-9(12)15/h3-5,17H,6-7H2,1-2H3,(H2,16,19)(H,18,20). The number of carbonyl (C=O) groups excluding carboxylic acids is 2. The Balaban J connectivity index is 2.59. The van der Waals surface area contributed by atoms with Crippen LogP contribution < -0.4 is 16.4 Å². The summed E-state index contributed by atoms with van der Waals surface area (Å²) < 4.78 is 26.6. The Morgan fingerprint density at radius 1 is 1.25 bits per heavy atom. The van der Waals surface area contributed by atoms with Crippen LogP contribution in [-0.4, -0.2) is 23.9 Å². The number of carbonyl (C=O) groups is 2. The summed E-state index contributed by atoms with van der Waals surface area (Å²) >= 11 is 0. The van der Waals surface area contributed by atoms with E-state index in [1.54, 1.807) is 13.8 Å². The van der Waals surface area contributed by atoms with Crippen LogP contribution in [0.1, 0.15) is 20.3 Å². The quantitative estimate of drug-likeness (QED) is 0.733.